The molecule has 4 unspecified atom stereocenters. The lowest BCUT2D eigenvalue weighted by molar-refractivity contribution is -0.143. The second kappa shape index (κ2) is 13.5. The Balaban J connectivity index is 3.04. The van der Waals surface area contributed by atoms with E-state index in [9.17, 15) is 24.3 Å². The Morgan fingerprint density at radius 1 is 0.969 bits per heavy atom. The highest BCUT2D eigenvalue weighted by Crippen LogP contribution is 2.16. The van der Waals surface area contributed by atoms with Gasteiger partial charge in [0.1, 0.15) is 12.1 Å². The lowest BCUT2D eigenvalue weighted by atomic mass is 9.92. The Hall–Kier alpha value is -2.94. The molecular formula is C23H35N3O6. The Morgan fingerprint density at radius 3 is 2.09 bits per heavy atom. The van der Waals surface area contributed by atoms with Crippen LogP contribution in [0.2, 0.25) is 0 Å². The van der Waals surface area contributed by atoms with Gasteiger partial charge >= 0.3 is 5.97 Å². The van der Waals surface area contributed by atoms with E-state index in [0.29, 0.717) is 6.42 Å². The first-order valence-corrected chi connectivity index (χ1v) is 10.9. The molecule has 0 fully saturated rings. The predicted octanol–water partition coefficient (Wildman–Crippen LogP) is 1.89. The summed E-state index contributed by atoms with van der Waals surface area (Å²) in [6.45, 7) is 7.36. The molecule has 5 N–H and O–H groups in total. The summed E-state index contributed by atoms with van der Waals surface area (Å²) in [5.41, 5.74) is 2.36. The number of hydrogen-bond acceptors (Lipinski definition) is 5. The lowest BCUT2D eigenvalue weighted by Crippen LogP contribution is -2.55. The third-order valence-corrected chi connectivity index (χ3v) is 5.37. The Morgan fingerprint density at radius 2 is 1.59 bits per heavy atom. The zero-order chi connectivity index (χ0) is 24.3. The summed E-state index contributed by atoms with van der Waals surface area (Å²) in [7, 11) is 0. The molecule has 32 heavy (non-hydrogen) atoms. The zero-order valence-corrected chi connectivity index (χ0v) is 19.1. The molecule has 9 nitrogen and oxygen atoms in total. The van der Waals surface area contributed by atoms with E-state index in [1.54, 1.807) is 6.92 Å². The minimum absolute atomic E-state index is 0.0558. The first-order chi connectivity index (χ1) is 15.1. The molecule has 4 atom stereocenters. The van der Waals surface area contributed by atoms with E-state index in [0.717, 1.165) is 5.56 Å². The van der Waals surface area contributed by atoms with E-state index >= 15 is 0 Å². The van der Waals surface area contributed by atoms with Crippen molar-refractivity contribution in [2.45, 2.75) is 65.5 Å². The standard InChI is InChI=1S/C23H35N3O6/c1-5-15(4)20(22(29)24-18(23(30)31)11-14(2)3)25-21(28)17(13-19(27)26-32)12-16-9-7-6-8-10-16/h6-10,14-15,17-18,20,32H,5,11-13H2,1-4H3,(H,24,29)(H,25,28)(H,26,27)(H,30,31). The van der Waals surface area contributed by atoms with E-state index in [4.69, 9.17) is 5.21 Å². The average Bonchev–Trinajstić information content (AvgIpc) is 2.75. The molecule has 0 aliphatic carbocycles. The van der Waals surface area contributed by atoms with Crippen molar-refractivity contribution in [1.82, 2.24) is 16.1 Å². The SMILES string of the molecule is CCC(C)C(NC(=O)C(CC(=O)NO)Cc1ccccc1)C(=O)NC(CC(C)C)C(=O)O. The van der Waals surface area contributed by atoms with Crippen molar-refractivity contribution >= 4 is 23.7 Å². The molecule has 1 aromatic rings. The van der Waals surface area contributed by atoms with Gasteiger partial charge in [0.15, 0.2) is 0 Å². The van der Waals surface area contributed by atoms with Crippen molar-refractivity contribution in [3.63, 3.8) is 0 Å². The number of carboxylic acid groups (broad SMARTS) is 1. The Kier molecular flexibility index (Phi) is 11.4. The molecule has 0 heterocycles. The third kappa shape index (κ3) is 9.05. The highest BCUT2D eigenvalue weighted by molar-refractivity contribution is 5.92. The monoisotopic (exact) mass is 449 g/mol. The van der Waals surface area contributed by atoms with Gasteiger partial charge in [-0.3, -0.25) is 19.6 Å². The Labute approximate surface area is 188 Å². The maximum Gasteiger partial charge on any atom is 0.326 e. The summed E-state index contributed by atoms with van der Waals surface area (Å²) in [6, 6.07) is 7.07. The molecule has 0 radical (unpaired) electrons. The highest BCUT2D eigenvalue weighted by Gasteiger charge is 2.32. The van der Waals surface area contributed by atoms with Crippen LogP contribution in [0.1, 0.15) is 52.5 Å². The van der Waals surface area contributed by atoms with Gasteiger partial charge < -0.3 is 15.7 Å². The van der Waals surface area contributed by atoms with Gasteiger partial charge in [-0.1, -0.05) is 64.4 Å². The zero-order valence-electron chi connectivity index (χ0n) is 19.1. The van der Waals surface area contributed by atoms with E-state index in [1.165, 1.54) is 5.48 Å². The highest BCUT2D eigenvalue weighted by atomic mass is 16.5. The molecule has 0 aromatic heterocycles. The fourth-order valence-corrected chi connectivity index (χ4v) is 3.35. The van der Waals surface area contributed by atoms with E-state index in [1.807, 2.05) is 51.1 Å². The number of hydroxylamine groups is 1. The number of nitrogens with one attached hydrogen (secondary N) is 3. The number of aliphatic carboxylic acids is 1. The molecule has 0 aliphatic rings. The van der Waals surface area contributed by atoms with E-state index in [2.05, 4.69) is 10.6 Å². The molecule has 0 saturated heterocycles. The van der Waals surface area contributed by atoms with Gasteiger partial charge in [-0.25, -0.2) is 10.3 Å². The van der Waals surface area contributed by atoms with Crippen LogP contribution in [0, 0.1) is 17.8 Å². The van der Waals surface area contributed by atoms with Crippen LogP contribution >= 0.6 is 0 Å². The van der Waals surface area contributed by atoms with Crippen LogP contribution in [0.25, 0.3) is 0 Å². The second-order valence-electron chi connectivity index (χ2n) is 8.53. The molecule has 0 aliphatic heterocycles. The maximum absolute atomic E-state index is 13.1. The van der Waals surface area contributed by atoms with Crippen LogP contribution in [0.15, 0.2) is 30.3 Å². The molecule has 1 rings (SSSR count). The summed E-state index contributed by atoms with van der Waals surface area (Å²) in [6.07, 6.45) is 0.799. The van der Waals surface area contributed by atoms with Crippen LogP contribution in [-0.2, 0) is 25.6 Å². The van der Waals surface area contributed by atoms with Gasteiger partial charge in [-0.2, -0.15) is 0 Å². The van der Waals surface area contributed by atoms with Gasteiger partial charge in [0.25, 0.3) is 0 Å². The van der Waals surface area contributed by atoms with Crippen LogP contribution in [0.3, 0.4) is 0 Å². The molecule has 0 bridgehead atoms. The van der Waals surface area contributed by atoms with Crippen molar-refractivity contribution in [2.24, 2.45) is 17.8 Å². The molecule has 178 valence electrons. The van der Waals surface area contributed by atoms with Crippen LogP contribution in [0.4, 0.5) is 0 Å². The average molecular weight is 450 g/mol. The number of carboxylic acids is 1. The van der Waals surface area contributed by atoms with Crippen molar-refractivity contribution < 1.29 is 29.5 Å². The van der Waals surface area contributed by atoms with Crippen molar-refractivity contribution in [3.05, 3.63) is 35.9 Å². The summed E-state index contributed by atoms with van der Waals surface area (Å²) >= 11 is 0. The molecule has 0 spiro atoms. The molecule has 1 aromatic carbocycles. The lowest BCUT2D eigenvalue weighted by Gasteiger charge is -2.27. The quantitative estimate of drug-likeness (QED) is 0.230. The number of benzene rings is 1. The fourth-order valence-electron chi connectivity index (χ4n) is 3.35. The van der Waals surface area contributed by atoms with Gasteiger partial charge in [0.05, 0.1) is 5.92 Å². The largest absolute Gasteiger partial charge is 0.480 e. The first kappa shape index (κ1) is 27.1. The van der Waals surface area contributed by atoms with Crippen molar-refractivity contribution in [3.8, 4) is 0 Å². The van der Waals surface area contributed by atoms with Crippen molar-refractivity contribution in [1.29, 1.82) is 0 Å². The maximum atomic E-state index is 13.1. The Bertz CT molecular complexity index is 768. The normalized spacial score (nSPS) is 14.7. The molecule has 9 heteroatoms. The van der Waals surface area contributed by atoms with Gasteiger partial charge in [-0.15, -0.1) is 0 Å². The summed E-state index contributed by atoms with van der Waals surface area (Å²) in [4.78, 5) is 49.3. The third-order valence-electron chi connectivity index (χ3n) is 5.37. The summed E-state index contributed by atoms with van der Waals surface area (Å²) < 4.78 is 0. The molecule has 3 amide bonds. The number of carbonyl (C=O) groups excluding carboxylic acids is 3. The van der Waals surface area contributed by atoms with E-state index in [-0.39, 0.29) is 31.1 Å². The van der Waals surface area contributed by atoms with Crippen molar-refractivity contribution in [2.75, 3.05) is 0 Å². The molecule has 0 saturated carbocycles. The first-order valence-electron chi connectivity index (χ1n) is 10.9. The fraction of sp³-hybridized carbons (Fsp3) is 0.565. The number of carbonyl (C=O) groups is 4. The minimum Gasteiger partial charge on any atom is -0.480 e. The summed E-state index contributed by atoms with van der Waals surface area (Å²) in [5, 5.41) is 23.6. The number of hydrogen-bond donors (Lipinski definition) is 5. The minimum atomic E-state index is -1.14. The number of rotatable bonds is 13. The van der Waals surface area contributed by atoms with Crippen LogP contribution in [-0.4, -0.2) is 46.1 Å². The second-order valence-corrected chi connectivity index (χ2v) is 8.53. The van der Waals surface area contributed by atoms with Gasteiger partial charge in [0, 0.05) is 6.42 Å². The predicted molar refractivity (Wildman–Crippen MR) is 119 cm³/mol. The number of amides is 3. The van der Waals surface area contributed by atoms with Crippen LogP contribution < -0.4 is 16.1 Å². The summed E-state index contributed by atoms with van der Waals surface area (Å²) in [5.74, 6) is -3.98. The van der Waals surface area contributed by atoms with Crippen LogP contribution in [0.5, 0.6) is 0 Å². The molecular weight excluding hydrogens is 414 g/mol. The van der Waals surface area contributed by atoms with E-state index < -0.39 is 41.7 Å². The topological polar surface area (TPSA) is 145 Å². The smallest absolute Gasteiger partial charge is 0.326 e. The van der Waals surface area contributed by atoms with Gasteiger partial charge in [-0.05, 0) is 30.2 Å². The van der Waals surface area contributed by atoms with Gasteiger partial charge in [0.2, 0.25) is 17.7 Å².